The summed E-state index contributed by atoms with van der Waals surface area (Å²) in [4.78, 5) is 19.1. The molecule has 0 atom stereocenters. The molecule has 0 aromatic carbocycles. The molecule has 0 spiro atoms. The van der Waals surface area contributed by atoms with Crippen molar-refractivity contribution in [3.8, 4) is 0 Å². The lowest BCUT2D eigenvalue weighted by atomic mass is 10.3. The van der Waals surface area contributed by atoms with E-state index in [0.29, 0.717) is 11.6 Å². The number of anilines is 1. The summed E-state index contributed by atoms with van der Waals surface area (Å²) in [5, 5.41) is 2.63. The first-order chi connectivity index (χ1) is 7.34. The Morgan fingerprint density at radius 1 is 1.47 bits per heavy atom. The van der Waals surface area contributed by atoms with Crippen LogP contribution in [0, 0.1) is 0 Å². The molecule has 2 aromatic rings. The second kappa shape index (κ2) is 4.36. The molecule has 15 heavy (non-hydrogen) atoms. The van der Waals surface area contributed by atoms with Crippen molar-refractivity contribution in [3.63, 3.8) is 0 Å². The zero-order valence-electron chi connectivity index (χ0n) is 7.88. The summed E-state index contributed by atoms with van der Waals surface area (Å²) in [5.74, 6) is 0.951. The van der Waals surface area contributed by atoms with E-state index in [1.54, 1.807) is 24.4 Å². The molecule has 1 amide bonds. The predicted molar refractivity (Wildman–Crippen MR) is 53.1 cm³/mol. The lowest BCUT2D eigenvalue weighted by Crippen LogP contribution is -2.14. The van der Waals surface area contributed by atoms with Crippen LogP contribution in [0.3, 0.4) is 0 Å². The highest BCUT2D eigenvalue weighted by atomic mass is 16.3. The number of hydrogen-bond donors (Lipinski definition) is 1. The summed E-state index contributed by atoms with van der Waals surface area (Å²) < 4.78 is 5.05. The molecule has 0 aliphatic carbocycles. The van der Waals surface area contributed by atoms with Gasteiger partial charge in [0.15, 0.2) is 0 Å². The normalized spacial score (nSPS) is 9.87. The minimum absolute atomic E-state index is 0.163. The third-order valence-electron chi connectivity index (χ3n) is 1.76. The lowest BCUT2D eigenvalue weighted by molar-refractivity contribution is -0.115. The maximum atomic E-state index is 11.4. The van der Waals surface area contributed by atoms with Crippen LogP contribution in [0.2, 0.25) is 0 Å². The predicted octanol–water partition coefficient (Wildman–Crippen LogP) is 1.25. The number of nitrogens with one attached hydrogen (secondary N) is 1. The molecule has 2 heterocycles. The van der Waals surface area contributed by atoms with Crippen LogP contribution in [0.4, 0.5) is 5.82 Å². The summed E-state index contributed by atoms with van der Waals surface area (Å²) in [6.07, 6.45) is 4.68. The number of carbonyl (C=O) groups excluding carboxylic acids is 1. The van der Waals surface area contributed by atoms with Crippen molar-refractivity contribution < 1.29 is 9.21 Å². The van der Waals surface area contributed by atoms with Crippen molar-refractivity contribution in [1.29, 1.82) is 0 Å². The monoisotopic (exact) mass is 203 g/mol. The number of aromatic nitrogens is 2. The fourth-order valence-corrected chi connectivity index (χ4v) is 1.12. The van der Waals surface area contributed by atoms with Gasteiger partial charge >= 0.3 is 0 Å². The van der Waals surface area contributed by atoms with E-state index < -0.39 is 0 Å². The first-order valence-corrected chi connectivity index (χ1v) is 4.43. The quantitative estimate of drug-likeness (QED) is 0.815. The van der Waals surface area contributed by atoms with E-state index in [9.17, 15) is 4.79 Å². The van der Waals surface area contributed by atoms with Gasteiger partial charge in [-0.2, -0.15) is 0 Å². The molecule has 76 valence electrons. The molecule has 5 heteroatoms. The molecule has 0 unspecified atom stereocenters. The van der Waals surface area contributed by atoms with Crippen LogP contribution >= 0.6 is 0 Å². The fraction of sp³-hybridized carbons (Fsp3) is 0.100. The molecule has 0 radical (unpaired) electrons. The van der Waals surface area contributed by atoms with Gasteiger partial charge in [0.05, 0.1) is 12.7 Å². The van der Waals surface area contributed by atoms with Crippen molar-refractivity contribution in [2.45, 2.75) is 6.42 Å². The summed E-state index contributed by atoms with van der Waals surface area (Å²) in [7, 11) is 0. The fourth-order valence-electron chi connectivity index (χ4n) is 1.12. The van der Waals surface area contributed by atoms with E-state index >= 15 is 0 Å². The molecule has 2 rings (SSSR count). The van der Waals surface area contributed by atoms with Gasteiger partial charge in [-0.25, -0.2) is 9.97 Å². The van der Waals surface area contributed by atoms with E-state index in [4.69, 9.17) is 4.42 Å². The molecule has 2 aromatic heterocycles. The van der Waals surface area contributed by atoms with Crippen molar-refractivity contribution in [3.05, 3.63) is 42.7 Å². The Balaban J connectivity index is 1.94. The minimum atomic E-state index is -0.163. The van der Waals surface area contributed by atoms with Gasteiger partial charge in [-0.3, -0.25) is 4.79 Å². The molecular formula is C10H9N3O2. The van der Waals surface area contributed by atoms with Crippen LogP contribution in [-0.2, 0) is 11.2 Å². The zero-order valence-corrected chi connectivity index (χ0v) is 7.88. The highest BCUT2D eigenvalue weighted by Gasteiger charge is 2.05. The summed E-state index contributed by atoms with van der Waals surface area (Å²) >= 11 is 0. The van der Waals surface area contributed by atoms with Crippen LogP contribution in [0.25, 0.3) is 0 Å². The van der Waals surface area contributed by atoms with Crippen LogP contribution in [0.1, 0.15) is 5.76 Å². The first-order valence-electron chi connectivity index (χ1n) is 4.43. The van der Waals surface area contributed by atoms with Crippen LogP contribution in [0.15, 0.2) is 41.4 Å². The molecule has 0 aliphatic heterocycles. The third-order valence-corrected chi connectivity index (χ3v) is 1.76. The highest BCUT2D eigenvalue weighted by Crippen LogP contribution is 2.03. The molecule has 0 saturated heterocycles. The maximum absolute atomic E-state index is 11.4. The summed E-state index contributed by atoms with van der Waals surface area (Å²) in [5.41, 5.74) is 0. The van der Waals surface area contributed by atoms with Gasteiger partial charge in [0.25, 0.3) is 0 Å². The van der Waals surface area contributed by atoms with E-state index in [1.165, 1.54) is 12.6 Å². The van der Waals surface area contributed by atoms with Crippen LogP contribution in [0.5, 0.6) is 0 Å². The number of carbonyl (C=O) groups is 1. The third kappa shape index (κ3) is 2.63. The topological polar surface area (TPSA) is 68.0 Å². The van der Waals surface area contributed by atoms with Crippen molar-refractivity contribution >= 4 is 11.7 Å². The number of hydrogen-bond acceptors (Lipinski definition) is 4. The van der Waals surface area contributed by atoms with E-state index in [2.05, 4.69) is 15.3 Å². The molecular weight excluding hydrogens is 194 g/mol. The Labute approximate surface area is 86.2 Å². The van der Waals surface area contributed by atoms with E-state index in [1.807, 2.05) is 0 Å². The van der Waals surface area contributed by atoms with Crippen molar-refractivity contribution in [2.75, 3.05) is 5.32 Å². The minimum Gasteiger partial charge on any atom is -0.469 e. The maximum Gasteiger partial charge on any atom is 0.233 e. The Kier molecular flexibility index (Phi) is 2.73. The van der Waals surface area contributed by atoms with Crippen LogP contribution < -0.4 is 5.32 Å². The average Bonchev–Trinajstić information content (AvgIpc) is 2.71. The Morgan fingerprint density at radius 2 is 2.40 bits per heavy atom. The molecule has 0 aliphatic rings. The Bertz CT molecular complexity index is 425. The largest absolute Gasteiger partial charge is 0.469 e. The van der Waals surface area contributed by atoms with Crippen LogP contribution in [-0.4, -0.2) is 15.9 Å². The second-order valence-corrected chi connectivity index (χ2v) is 2.90. The smallest absolute Gasteiger partial charge is 0.233 e. The lowest BCUT2D eigenvalue weighted by Gasteiger charge is -2.01. The highest BCUT2D eigenvalue weighted by molar-refractivity contribution is 5.90. The van der Waals surface area contributed by atoms with E-state index in [0.717, 1.165) is 0 Å². The Hall–Kier alpha value is -2.17. The molecule has 0 fully saturated rings. The van der Waals surface area contributed by atoms with Gasteiger partial charge in [-0.05, 0) is 18.2 Å². The molecule has 1 N–H and O–H groups in total. The second-order valence-electron chi connectivity index (χ2n) is 2.90. The van der Waals surface area contributed by atoms with Gasteiger partial charge in [-0.1, -0.05) is 0 Å². The van der Waals surface area contributed by atoms with Gasteiger partial charge < -0.3 is 9.73 Å². The summed E-state index contributed by atoms with van der Waals surface area (Å²) in [6.45, 7) is 0. The number of rotatable bonds is 3. The average molecular weight is 203 g/mol. The zero-order chi connectivity index (χ0) is 10.5. The van der Waals surface area contributed by atoms with Gasteiger partial charge in [-0.15, -0.1) is 0 Å². The number of amides is 1. The van der Waals surface area contributed by atoms with Crippen molar-refractivity contribution in [2.24, 2.45) is 0 Å². The molecule has 5 nitrogen and oxygen atoms in total. The van der Waals surface area contributed by atoms with Gasteiger partial charge in [0, 0.05) is 6.20 Å². The number of furan rings is 1. The van der Waals surface area contributed by atoms with Crippen molar-refractivity contribution in [1.82, 2.24) is 9.97 Å². The van der Waals surface area contributed by atoms with E-state index in [-0.39, 0.29) is 12.3 Å². The number of nitrogens with zero attached hydrogens (tertiary/aromatic N) is 2. The molecule has 0 saturated carbocycles. The first kappa shape index (κ1) is 9.39. The molecule has 0 bridgehead atoms. The van der Waals surface area contributed by atoms with Gasteiger partial charge in [0.1, 0.15) is 17.9 Å². The summed E-state index contributed by atoms with van der Waals surface area (Å²) in [6, 6.07) is 5.12. The SMILES string of the molecule is O=C(Cc1ccco1)Nc1ccncn1. The van der Waals surface area contributed by atoms with Gasteiger partial charge in [0.2, 0.25) is 5.91 Å². The standard InChI is InChI=1S/C10H9N3O2/c14-10(6-8-2-1-5-15-8)13-9-3-4-11-7-12-9/h1-5,7H,6H2,(H,11,12,13,14). The Morgan fingerprint density at radius 3 is 3.07 bits per heavy atom.